The molecule has 1 aliphatic rings. The Morgan fingerprint density at radius 3 is 2.57 bits per heavy atom. The Bertz CT molecular complexity index is 973. The molecule has 2 aromatic carbocycles. The first-order valence-corrected chi connectivity index (χ1v) is 10.1. The third-order valence-corrected chi connectivity index (χ3v) is 5.10. The number of esters is 1. The Morgan fingerprint density at radius 1 is 1.10 bits per heavy atom. The molecule has 0 aromatic heterocycles. The first-order chi connectivity index (χ1) is 14.5. The summed E-state index contributed by atoms with van der Waals surface area (Å²) in [6, 6.07) is 14.9. The smallest absolute Gasteiger partial charge is 0.326 e. The maximum Gasteiger partial charge on any atom is 0.326 e. The summed E-state index contributed by atoms with van der Waals surface area (Å²) in [5.41, 5.74) is 1.67. The van der Waals surface area contributed by atoms with Gasteiger partial charge in [-0.3, -0.25) is 19.3 Å². The van der Waals surface area contributed by atoms with Crippen LogP contribution in [0.3, 0.4) is 0 Å². The SMILES string of the molecule is CCOC(=O)CN1C(=O)S/C(=C/c2ccc(OC)c(OCc3ccccc3)c2)C1=O. The third kappa shape index (κ3) is 5.21. The standard InChI is InChI=1S/C22H21NO6S/c1-3-28-20(24)13-23-21(25)19(30-22(23)26)12-16-9-10-17(27-2)18(11-16)29-14-15-7-5-4-6-8-15/h4-12H,3,13-14H2,1-2H3/b19-12+. The maximum atomic E-state index is 12.5. The van der Waals surface area contributed by atoms with E-state index >= 15 is 0 Å². The fourth-order valence-corrected chi connectivity index (χ4v) is 3.59. The summed E-state index contributed by atoms with van der Waals surface area (Å²) in [4.78, 5) is 37.4. The van der Waals surface area contributed by atoms with Gasteiger partial charge in [0.15, 0.2) is 11.5 Å². The van der Waals surface area contributed by atoms with Crippen molar-refractivity contribution in [2.45, 2.75) is 13.5 Å². The van der Waals surface area contributed by atoms with Gasteiger partial charge in [0.2, 0.25) is 0 Å². The van der Waals surface area contributed by atoms with Crippen molar-refractivity contribution < 1.29 is 28.6 Å². The van der Waals surface area contributed by atoms with Gasteiger partial charge in [0.05, 0.1) is 18.6 Å². The molecule has 2 aromatic rings. The lowest BCUT2D eigenvalue weighted by molar-refractivity contribution is -0.145. The van der Waals surface area contributed by atoms with Gasteiger partial charge in [0, 0.05) is 0 Å². The van der Waals surface area contributed by atoms with E-state index in [2.05, 4.69) is 0 Å². The highest BCUT2D eigenvalue weighted by atomic mass is 32.2. The summed E-state index contributed by atoms with van der Waals surface area (Å²) in [6.45, 7) is 1.80. The number of benzene rings is 2. The lowest BCUT2D eigenvalue weighted by Gasteiger charge is -2.12. The zero-order valence-corrected chi connectivity index (χ0v) is 17.4. The number of imide groups is 1. The van der Waals surface area contributed by atoms with Gasteiger partial charge in [-0.2, -0.15) is 0 Å². The van der Waals surface area contributed by atoms with E-state index in [1.54, 1.807) is 38.3 Å². The Hall–Kier alpha value is -3.26. The number of amides is 2. The average molecular weight is 427 g/mol. The maximum absolute atomic E-state index is 12.5. The molecule has 0 saturated carbocycles. The first-order valence-electron chi connectivity index (χ1n) is 9.27. The van der Waals surface area contributed by atoms with Crippen LogP contribution in [0.5, 0.6) is 11.5 Å². The van der Waals surface area contributed by atoms with E-state index in [1.165, 1.54) is 0 Å². The fraction of sp³-hybridized carbons (Fsp3) is 0.227. The van der Waals surface area contributed by atoms with E-state index in [9.17, 15) is 14.4 Å². The van der Waals surface area contributed by atoms with Crippen molar-refractivity contribution in [1.29, 1.82) is 0 Å². The average Bonchev–Trinajstić information content (AvgIpc) is 3.00. The molecular weight excluding hydrogens is 406 g/mol. The van der Waals surface area contributed by atoms with Crippen LogP contribution in [0.4, 0.5) is 4.79 Å². The zero-order valence-electron chi connectivity index (χ0n) is 16.6. The van der Waals surface area contributed by atoms with Crippen LogP contribution in [0, 0.1) is 0 Å². The highest BCUT2D eigenvalue weighted by Gasteiger charge is 2.36. The summed E-state index contributed by atoms with van der Waals surface area (Å²) in [6.07, 6.45) is 1.59. The van der Waals surface area contributed by atoms with Gasteiger partial charge in [-0.05, 0) is 48.0 Å². The number of methoxy groups -OCH3 is 1. The summed E-state index contributed by atoms with van der Waals surface area (Å²) in [5, 5.41) is -0.506. The molecule has 0 radical (unpaired) electrons. The number of hydrogen-bond donors (Lipinski definition) is 0. The van der Waals surface area contributed by atoms with E-state index in [0.717, 1.165) is 22.2 Å². The molecule has 1 aliphatic heterocycles. The number of carbonyl (C=O) groups excluding carboxylic acids is 3. The molecule has 30 heavy (non-hydrogen) atoms. The fourth-order valence-electron chi connectivity index (χ4n) is 2.75. The van der Waals surface area contributed by atoms with E-state index in [0.29, 0.717) is 23.7 Å². The van der Waals surface area contributed by atoms with Gasteiger partial charge >= 0.3 is 5.97 Å². The number of thioether (sulfide) groups is 1. The second-order valence-electron chi connectivity index (χ2n) is 6.26. The van der Waals surface area contributed by atoms with E-state index < -0.39 is 23.7 Å². The Balaban J connectivity index is 1.77. The lowest BCUT2D eigenvalue weighted by Crippen LogP contribution is -2.34. The Kier molecular flexibility index (Phi) is 7.13. The minimum atomic E-state index is -0.623. The van der Waals surface area contributed by atoms with Crippen LogP contribution in [0.15, 0.2) is 53.4 Å². The topological polar surface area (TPSA) is 82.1 Å². The molecule has 1 saturated heterocycles. The van der Waals surface area contributed by atoms with Gasteiger partial charge in [0.25, 0.3) is 11.1 Å². The van der Waals surface area contributed by atoms with Crippen LogP contribution in [0.1, 0.15) is 18.1 Å². The Morgan fingerprint density at radius 2 is 1.87 bits per heavy atom. The molecule has 7 nitrogen and oxygen atoms in total. The Labute approximate surface area is 178 Å². The van der Waals surface area contributed by atoms with Gasteiger partial charge in [-0.15, -0.1) is 0 Å². The largest absolute Gasteiger partial charge is 0.493 e. The molecule has 8 heteroatoms. The van der Waals surface area contributed by atoms with Gasteiger partial charge in [-0.25, -0.2) is 0 Å². The van der Waals surface area contributed by atoms with Crippen LogP contribution in [-0.4, -0.2) is 42.3 Å². The van der Waals surface area contributed by atoms with Crippen LogP contribution in [-0.2, 0) is 20.9 Å². The van der Waals surface area contributed by atoms with Gasteiger partial charge < -0.3 is 14.2 Å². The number of ether oxygens (including phenoxy) is 3. The number of nitrogens with zero attached hydrogens (tertiary/aromatic N) is 1. The molecule has 3 rings (SSSR count). The quantitative estimate of drug-likeness (QED) is 0.467. The molecule has 0 aliphatic carbocycles. The third-order valence-electron chi connectivity index (χ3n) is 4.19. The summed E-state index contributed by atoms with van der Waals surface area (Å²) >= 11 is 0.781. The molecule has 0 N–H and O–H groups in total. The predicted molar refractivity (Wildman–Crippen MR) is 113 cm³/mol. The second-order valence-corrected chi connectivity index (χ2v) is 7.25. The monoisotopic (exact) mass is 427 g/mol. The molecule has 0 unspecified atom stereocenters. The molecule has 0 spiro atoms. The van der Waals surface area contributed by atoms with Crippen LogP contribution in [0.25, 0.3) is 6.08 Å². The molecule has 1 fully saturated rings. The van der Waals surface area contributed by atoms with Gasteiger partial charge in [-0.1, -0.05) is 36.4 Å². The number of carbonyl (C=O) groups is 3. The van der Waals surface area contributed by atoms with Crippen molar-refractivity contribution in [2.24, 2.45) is 0 Å². The molecular formula is C22H21NO6S. The minimum absolute atomic E-state index is 0.183. The molecule has 1 heterocycles. The normalized spacial score (nSPS) is 14.9. The first kappa shape index (κ1) is 21.4. The van der Waals surface area contributed by atoms with Crippen LogP contribution < -0.4 is 9.47 Å². The number of hydrogen-bond acceptors (Lipinski definition) is 7. The van der Waals surface area contributed by atoms with Crippen molar-refractivity contribution in [1.82, 2.24) is 4.90 Å². The lowest BCUT2D eigenvalue weighted by atomic mass is 10.1. The predicted octanol–water partition coefficient (Wildman–Crippen LogP) is 3.87. The van der Waals surface area contributed by atoms with Crippen molar-refractivity contribution in [2.75, 3.05) is 20.3 Å². The van der Waals surface area contributed by atoms with E-state index in [-0.39, 0.29) is 11.5 Å². The van der Waals surface area contributed by atoms with Crippen molar-refractivity contribution in [3.63, 3.8) is 0 Å². The zero-order chi connectivity index (χ0) is 21.5. The van der Waals surface area contributed by atoms with Crippen LogP contribution >= 0.6 is 11.8 Å². The van der Waals surface area contributed by atoms with E-state index in [1.807, 2.05) is 30.3 Å². The van der Waals surface area contributed by atoms with Crippen molar-refractivity contribution in [3.05, 3.63) is 64.6 Å². The highest BCUT2D eigenvalue weighted by molar-refractivity contribution is 8.18. The molecule has 0 atom stereocenters. The van der Waals surface area contributed by atoms with E-state index in [4.69, 9.17) is 14.2 Å². The number of rotatable bonds is 8. The summed E-state index contributed by atoms with van der Waals surface area (Å²) in [7, 11) is 1.55. The van der Waals surface area contributed by atoms with Crippen molar-refractivity contribution >= 4 is 35.0 Å². The second kappa shape index (κ2) is 9.98. The van der Waals surface area contributed by atoms with Crippen LogP contribution in [0.2, 0.25) is 0 Å². The summed E-state index contributed by atoms with van der Waals surface area (Å²) in [5.74, 6) is -0.0814. The molecule has 0 bridgehead atoms. The summed E-state index contributed by atoms with van der Waals surface area (Å²) < 4.78 is 16.0. The minimum Gasteiger partial charge on any atom is -0.493 e. The van der Waals surface area contributed by atoms with Gasteiger partial charge in [0.1, 0.15) is 13.2 Å². The molecule has 156 valence electrons. The van der Waals surface area contributed by atoms with Crippen molar-refractivity contribution in [3.8, 4) is 11.5 Å². The highest BCUT2D eigenvalue weighted by Crippen LogP contribution is 2.34. The molecule has 2 amide bonds.